The highest BCUT2D eigenvalue weighted by Crippen LogP contribution is 2.32. The largest absolute Gasteiger partial charge is 0.392 e. The summed E-state index contributed by atoms with van der Waals surface area (Å²) in [6, 6.07) is 6.82. The van der Waals surface area contributed by atoms with Gasteiger partial charge < -0.3 is 10.0 Å². The summed E-state index contributed by atoms with van der Waals surface area (Å²) < 4.78 is 13.6. The lowest BCUT2D eigenvalue weighted by Gasteiger charge is -2.42. The number of hydrogen-bond donors (Lipinski definition) is 1. The molecule has 0 spiro atoms. The van der Waals surface area contributed by atoms with Crippen molar-refractivity contribution in [2.75, 3.05) is 18.0 Å². The molecule has 1 aromatic carbocycles. The number of para-hydroxylation sites is 1. The molecule has 1 aromatic rings. The molecule has 1 aliphatic heterocycles. The lowest BCUT2D eigenvalue weighted by Crippen LogP contribution is -2.48. The number of benzene rings is 1. The van der Waals surface area contributed by atoms with E-state index in [2.05, 4.69) is 0 Å². The topological polar surface area (TPSA) is 23.5 Å². The highest BCUT2D eigenvalue weighted by molar-refractivity contribution is 5.48. The normalized spacial score (nSPS) is 24.5. The summed E-state index contributed by atoms with van der Waals surface area (Å²) in [7, 11) is 0. The van der Waals surface area contributed by atoms with Crippen LogP contribution in [0.15, 0.2) is 24.3 Å². The maximum Gasteiger partial charge on any atom is 0.146 e. The number of halogens is 1. The molecular formula is C13H18FNO. The van der Waals surface area contributed by atoms with Crippen LogP contribution < -0.4 is 4.90 Å². The summed E-state index contributed by atoms with van der Waals surface area (Å²) in [5.74, 6) is -0.185. The number of aliphatic hydroxyl groups is 1. The first-order valence-corrected chi connectivity index (χ1v) is 5.68. The second kappa shape index (κ2) is 4.06. The molecule has 0 saturated carbocycles. The summed E-state index contributed by atoms with van der Waals surface area (Å²) >= 11 is 0. The fourth-order valence-electron chi connectivity index (χ4n) is 2.26. The highest BCUT2D eigenvalue weighted by Gasteiger charge is 2.35. The van der Waals surface area contributed by atoms with Gasteiger partial charge in [0.15, 0.2) is 0 Å². The summed E-state index contributed by atoms with van der Waals surface area (Å²) in [6.07, 6.45) is 0.400. The third-order valence-corrected chi connectivity index (χ3v) is 3.37. The molecule has 1 aliphatic rings. The first-order valence-electron chi connectivity index (χ1n) is 5.68. The molecule has 2 nitrogen and oxygen atoms in total. The molecule has 1 atom stereocenters. The minimum absolute atomic E-state index is 0.180. The van der Waals surface area contributed by atoms with Crippen LogP contribution in [0.25, 0.3) is 0 Å². The molecule has 16 heavy (non-hydrogen) atoms. The number of nitrogens with zero attached hydrogens (tertiary/aromatic N) is 1. The Morgan fingerprint density at radius 3 is 2.69 bits per heavy atom. The van der Waals surface area contributed by atoms with E-state index in [-0.39, 0.29) is 17.3 Å². The Balaban J connectivity index is 2.21. The van der Waals surface area contributed by atoms with Gasteiger partial charge in [0.1, 0.15) is 5.82 Å². The molecule has 1 saturated heterocycles. The maximum absolute atomic E-state index is 13.6. The van der Waals surface area contributed by atoms with Crippen LogP contribution in [0.2, 0.25) is 0 Å². The molecule has 0 aliphatic carbocycles. The average Bonchev–Trinajstić information content (AvgIpc) is 2.23. The van der Waals surface area contributed by atoms with E-state index in [1.165, 1.54) is 6.07 Å². The third kappa shape index (κ3) is 2.05. The predicted octanol–water partition coefficient (Wildman–Crippen LogP) is 2.42. The molecule has 0 radical (unpaired) electrons. The van der Waals surface area contributed by atoms with Gasteiger partial charge in [0.2, 0.25) is 0 Å². The van der Waals surface area contributed by atoms with Crippen molar-refractivity contribution in [3.05, 3.63) is 30.1 Å². The van der Waals surface area contributed by atoms with Gasteiger partial charge in [-0.2, -0.15) is 0 Å². The molecule has 1 heterocycles. The van der Waals surface area contributed by atoms with Gasteiger partial charge in [0.25, 0.3) is 0 Å². The Hall–Kier alpha value is -1.09. The van der Waals surface area contributed by atoms with Crippen LogP contribution in [0.3, 0.4) is 0 Å². The molecule has 1 fully saturated rings. The summed E-state index contributed by atoms with van der Waals surface area (Å²) in [4.78, 5) is 2.02. The van der Waals surface area contributed by atoms with Crippen molar-refractivity contribution in [3.63, 3.8) is 0 Å². The fourth-order valence-corrected chi connectivity index (χ4v) is 2.26. The zero-order chi connectivity index (χ0) is 11.8. The average molecular weight is 223 g/mol. The SMILES string of the molecule is CC1(C)CN(c2ccccc2F)CCC1O. The van der Waals surface area contributed by atoms with Crippen LogP contribution in [0, 0.1) is 11.2 Å². The fraction of sp³-hybridized carbons (Fsp3) is 0.538. The molecular weight excluding hydrogens is 205 g/mol. The standard InChI is InChI=1S/C13H18FNO/c1-13(2)9-15(8-7-12(13)16)11-6-4-3-5-10(11)14/h3-6,12,16H,7-9H2,1-2H3. The Morgan fingerprint density at radius 1 is 1.38 bits per heavy atom. The van der Waals surface area contributed by atoms with E-state index in [4.69, 9.17) is 0 Å². The molecule has 0 bridgehead atoms. The van der Waals surface area contributed by atoms with E-state index >= 15 is 0 Å². The van der Waals surface area contributed by atoms with Gasteiger partial charge in [-0.25, -0.2) is 4.39 Å². The number of hydrogen-bond acceptors (Lipinski definition) is 2. The predicted molar refractivity (Wildman–Crippen MR) is 63.0 cm³/mol. The van der Waals surface area contributed by atoms with Crippen molar-refractivity contribution in [1.29, 1.82) is 0 Å². The molecule has 88 valence electrons. The number of aliphatic hydroxyl groups excluding tert-OH is 1. The smallest absolute Gasteiger partial charge is 0.146 e. The van der Waals surface area contributed by atoms with Gasteiger partial charge in [-0.05, 0) is 18.6 Å². The monoisotopic (exact) mass is 223 g/mol. The van der Waals surface area contributed by atoms with Gasteiger partial charge in [0.05, 0.1) is 11.8 Å². The maximum atomic E-state index is 13.6. The lowest BCUT2D eigenvalue weighted by molar-refractivity contribution is 0.0334. The first-order chi connectivity index (χ1) is 7.50. The summed E-state index contributed by atoms with van der Waals surface area (Å²) in [6.45, 7) is 5.44. The Labute approximate surface area is 95.7 Å². The van der Waals surface area contributed by atoms with E-state index < -0.39 is 0 Å². The van der Waals surface area contributed by atoms with Crippen molar-refractivity contribution >= 4 is 5.69 Å². The second-order valence-electron chi connectivity index (χ2n) is 5.17. The van der Waals surface area contributed by atoms with Gasteiger partial charge >= 0.3 is 0 Å². The molecule has 1 unspecified atom stereocenters. The minimum atomic E-state index is -0.296. The van der Waals surface area contributed by atoms with Gasteiger partial charge in [-0.1, -0.05) is 26.0 Å². The van der Waals surface area contributed by atoms with Crippen LogP contribution in [-0.2, 0) is 0 Å². The quantitative estimate of drug-likeness (QED) is 0.790. The molecule has 0 aromatic heterocycles. The van der Waals surface area contributed by atoms with Crippen LogP contribution in [-0.4, -0.2) is 24.3 Å². The van der Waals surface area contributed by atoms with E-state index in [0.717, 1.165) is 0 Å². The second-order valence-corrected chi connectivity index (χ2v) is 5.17. The molecule has 3 heteroatoms. The van der Waals surface area contributed by atoms with E-state index in [1.807, 2.05) is 24.8 Å². The molecule has 1 N–H and O–H groups in total. The Kier molecular flexibility index (Phi) is 2.89. The van der Waals surface area contributed by atoms with Gasteiger partial charge in [-0.3, -0.25) is 0 Å². The number of anilines is 1. The zero-order valence-corrected chi connectivity index (χ0v) is 9.78. The van der Waals surface area contributed by atoms with Crippen molar-refractivity contribution in [3.8, 4) is 0 Å². The lowest BCUT2D eigenvalue weighted by atomic mass is 9.81. The third-order valence-electron chi connectivity index (χ3n) is 3.37. The number of rotatable bonds is 1. The first kappa shape index (κ1) is 11.4. The molecule has 0 amide bonds. The minimum Gasteiger partial charge on any atom is -0.392 e. The Bertz CT molecular complexity index is 378. The van der Waals surface area contributed by atoms with Crippen LogP contribution in [0.5, 0.6) is 0 Å². The number of piperidine rings is 1. The van der Waals surface area contributed by atoms with E-state index in [1.54, 1.807) is 12.1 Å². The van der Waals surface area contributed by atoms with Crippen molar-refractivity contribution in [2.45, 2.75) is 26.4 Å². The van der Waals surface area contributed by atoms with Crippen molar-refractivity contribution in [1.82, 2.24) is 0 Å². The van der Waals surface area contributed by atoms with E-state index in [9.17, 15) is 9.50 Å². The zero-order valence-electron chi connectivity index (χ0n) is 9.78. The molecule has 2 rings (SSSR count). The highest BCUT2D eigenvalue weighted by atomic mass is 19.1. The summed E-state index contributed by atoms with van der Waals surface area (Å²) in [5.41, 5.74) is 0.461. The van der Waals surface area contributed by atoms with Crippen LogP contribution >= 0.6 is 0 Å². The van der Waals surface area contributed by atoms with Gasteiger partial charge in [0, 0.05) is 18.5 Å². The van der Waals surface area contributed by atoms with Crippen LogP contribution in [0.4, 0.5) is 10.1 Å². The van der Waals surface area contributed by atoms with Crippen LogP contribution in [0.1, 0.15) is 20.3 Å². The van der Waals surface area contributed by atoms with Crippen molar-refractivity contribution in [2.24, 2.45) is 5.41 Å². The van der Waals surface area contributed by atoms with Crippen molar-refractivity contribution < 1.29 is 9.50 Å². The van der Waals surface area contributed by atoms with E-state index in [0.29, 0.717) is 25.2 Å². The summed E-state index contributed by atoms with van der Waals surface area (Å²) in [5, 5.41) is 9.85. The Morgan fingerprint density at radius 2 is 2.06 bits per heavy atom. The van der Waals surface area contributed by atoms with Gasteiger partial charge in [-0.15, -0.1) is 0 Å².